The Hall–Kier alpha value is -1.40. The van der Waals surface area contributed by atoms with E-state index in [4.69, 9.17) is 4.74 Å². The third-order valence-corrected chi connectivity index (χ3v) is 5.53. The van der Waals surface area contributed by atoms with E-state index in [0.717, 1.165) is 58.5 Å². The second-order valence-electron chi connectivity index (χ2n) is 7.18. The van der Waals surface area contributed by atoms with Gasteiger partial charge < -0.3 is 9.64 Å². The maximum Gasteiger partial charge on any atom is 0.227 e. The van der Waals surface area contributed by atoms with Gasteiger partial charge in [0.1, 0.15) is 0 Å². The summed E-state index contributed by atoms with van der Waals surface area (Å²) in [4.78, 5) is 17.3. The van der Waals surface area contributed by atoms with E-state index in [1.54, 1.807) is 0 Å². The Morgan fingerprint density at radius 2 is 2.22 bits per heavy atom. The molecule has 1 amide bonds. The number of carbonyl (C=O) groups is 1. The molecule has 0 spiro atoms. The zero-order chi connectivity index (χ0) is 15.8. The van der Waals surface area contributed by atoms with Gasteiger partial charge in [-0.05, 0) is 25.7 Å². The summed E-state index contributed by atoms with van der Waals surface area (Å²) in [5, 5.41) is 4.27. The smallest absolute Gasteiger partial charge is 0.227 e. The number of carbonyl (C=O) groups excluding carboxylic acids is 1. The summed E-state index contributed by atoms with van der Waals surface area (Å²) in [5.41, 5.74) is 1.22. The maximum atomic E-state index is 12.8. The molecule has 23 heavy (non-hydrogen) atoms. The van der Waals surface area contributed by atoms with E-state index in [2.05, 4.69) is 21.1 Å². The van der Waals surface area contributed by atoms with Crippen molar-refractivity contribution in [3.8, 4) is 0 Å². The summed E-state index contributed by atoms with van der Waals surface area (Å²) in [6.45, 7) is 4.42. The molecule has 0 aromatic carbocycles. The first-order chi connectivity index (χ1) is 11.2. The molecule has 3 atom stereocenters. The highest BCUT2D eigenvalue weighted by Gasteiger charge is 2.43. The second-order valence-corrected chi connectivity index (χ2v) is 7.18. The molecule has 6 nitrogen and oxygen atoms in total. The Morgan fingerprint density at radius 1 is 1.39 bits per heavy atom. The Bertz CT molecular complexity index is 567. The molecule has 3 saturated heterocycles. The molecule has 4 rings (SSSR count). The zero-order valence-corrected chi connectivity index (χ0v) is 13.9. The predicted octanol–water partition coefficient (Wildman–Crippen LogP) is 1.02. The molecule has 0 bridgehead atoms. The van der Waals surface area contributed by atoms with E-state index in [0.29, 0.717) is 11.9 Å². The van der Waals surface area contributed by atoms with Crippen molar-refractivity contribution in [2.45, 2.75) is 44.4 Å². The van der Waals surface area contributed by atoms with Crippen molar-refractivity contribution < 1.29 is 9.53 Å². The monoisotopic (exact) mass is 318 g/mol. The summed E-state index contributed by atoms with van der Waals surface area (Å²) in [6, 6.07) is 0.456. The predicted molar refractivity (Wildman–Crippen MR) is 85.7 cm³/mol. The van der Waals surface area contributed by atoms with Gasteiger partial charge in [-0.3, -0.25) is 14.4 Å². The maximum absolute atomic E-state index is 12.8. The molecule has 0 unspecified atom stereocenters. The molecule has 0 radical (unpaired) electrons. The number of nitrogens with zero attached hydrogens (tertiary/aromatic N) is 4. The van der Waals surface area contributed by atoms with Gasteiger partial charge in [0.2, 0.25) is 5.91 Å². The molecule has 3 fully saturated rings. The highest BCUT2D eigenvalue weighted by molar-refractivity contribution is 5.79. The van der Waals surface area contributed by atoms with Crippen LogP contribution >= 0.6 is 0 Å². The lowest BCUT2D eigenvalue weighted by atomic mass is 9.89. The summed E-state index contributed by atoms with van der Waals surface area (Å²) in [5.74, 6) is 0.428. The number of ether oxygens (including phenoxy) is 1. The van der Waals surface area contributed by atoms with Gasteiger partial charge in [-0.15, -0.1) is 0 Å². The third-order valence-electron chi connectivity index (χ3n) is 5.53. The minimum absolute atomic E-state index is 0.0871. The minimum atomic E-state index is 0.0871. The van der Waals surface area contributed by atoms with Crippen LogP contribution in [0.3, 0.4) is 0 Å². The fourth-order valence-corrected chi connectivity index (χ4v) is 4.40. The Morgan fingerprint density at radius 3 is 2.96 bits per heavy atom. The van der Waals surface area contributed by atoms with Crippen LogP contribution in [-0.2, 0) is 23.1 Å². The number of hydrogen-bond donors (Lipinski definition) is 0. The fourth-order valence-electron chi connectivity index (χ4n) is 4.40. The first-order valence-electron chi connectivity index (χ1n) is 8.82. The molecule has 0 N–H and O–H groups in total. The molecule has 0 saturated carbocycles. The first kappa shape index (κ1) is 15.1. The number of piperidine rings is 1. The van der Waals surface area contributed by atoms with Gasteiger partial charge in [0.15, 0.2) is 0 Å². The quantitative estimate of drug-likeness (QED) is 0.835. The van der Waals surface area contributed by atoms with Crippen LogP contribution in [0.2, 0.25) is 0 Å². The van der Waals surface area contributed by atoms with E-state index in [1.807, 2.05) is 17.9 Å². The van der Waals surface area contributed by atoms with Crippen LogP contribution in [0.15, 0.2) is 12.4 Å². The lowest BCUT2D eigenvalue weighted by Gasteiger charge is -2.41. The van der Waals surface area contributed by atoms with Crippen LogP contribution in [0.25, 0.3) is 0 Å². The summed E-state index contributed by atoms with van der Waals surface area (Å²) in [7, 11) is 1.95. The molecule has 1 aromatic heterocycles. The first-order valence-corrected chi connectivity index (χ1v) is 8.82. The standard InChI is InChI=1S/C17H26N4O2/c1-19-10-13(9-18-19)11-21-12-14(8-16-15(21)4-7-23-16)17(22)20-5-2-3-6-20/h9-10,14-16H,2-8,11-12H2,1H3/t14-,15+,16+/m0/s1. The van der Waals surface area contributed by atoms with Gasteiger partial charge in [-0.2, -0.15) is 5.10 Å². The van der Waals surface area contributed by atoms with Gasteiger partial charge in [0.25, 0.3) is 0 Å². The van der Waals surface area contributed by atoms with E-state index >= 15 is 0 Å². The van der Waals surface area contributed by atoms with Gasteiger partial charge in [-0.25, -0.2) is 0 Å². The van der Waals surface area contributed by atoms with Crippen molar-refractivity contribution in [1.82, 2.24) is 19.6 Å². The summed E-state index contributed by atoms with van der Waals surface area (Å²) >= 11 is 0. The topological polar surface area (TPSA) is 50.6 Å². The number of aryl methyl sites for hydroxylation is 1. The van der Waals surface area contributed by atoms with Crippen LogP contribution < -0.4 is 0 Å². The van der Waals surface area contributed by atoms with Crippen molar-refractivity contribution in [2.24, 2.45) is 13.0 Å². The van der Waals surface area contributed by atoms with Gasteiger partial charge in [0.05, 0.1) is 18.2 Å². The van der Waals surface area contributed by atoms with E-state index < -0.39 is 0 Å². The number of hydrogen-bond acceptors (Lipinski definition) is 4. The number of amides is 1. The Balaban J connectivity index is 1.48. The highest BCUT2D eigenvalue weighted by Crippen LogP contribution is 2.33. The van der Waals surface area contributed by atoms with Crippen LogP contribution in [-0.4, -0.2) is 63.9 Å². The van der Waals surface area contributed by atoms with Gasteiger partial charge in [-0.1, -0.05) is 0 Å². The van der Waals surface area contributed by atoms with Crippen LogP contribution in [0.5, 0.6) is 0 Å². The molecule has 0 aliphatic carbocycles. The Labute approximate surface area is 137 Å². The molecule has 6 heteroatoms. The average molecular weight is 318 g/mol. The van der Waals surface area contributed by atoms with E-state index in [9.17, 15) is 4.79 Å². The number of rotatable bonds is 3. The molecule has 126 valence electrons. The lowest BCUT2D eigenvalue weighted by molar-refractivity contribution is -0.139. The van der Waals surface area contributed by atoms with Crippen molar-refractivity contribution in [3.63, 3.8) is 0 Å². The van der Waals surface area contributed by atoms with Crippen molar-refractivity contribution in [1.29, 1.82) is 0 Å². The van der Waals surface area contributed by atoms with Crippen molar-refractivity contribution in [3.05, 3.63) is 18.0 Å². The van der Waals surface area contributed by atoms with E-state index in [1.165, 1.54) is 5.56 Å². The molecule has 3 aliphatic rings. The molecule has 3 aliphatic heterocycles. The average Bonchev–Trinajstić information content (AvgIpc) is 3.27. The molecule has 4 heterocycles. The fraction of sp³-hybridized carbons (Fsp3) is 0.765. The van der Waals surface area contributed by atoms with Gasteiger partial charge >= 0.3 is 0 Å². The van der Waals surface area contributed by atoms with Crippen LogP contribution in [0, 0.1) is 5.92 Å². The third kappa shape index (κ3) is 3.02. The number of aromatic nitrogens is 2. The summed E-state index contributed by atoms with van der Waals surface area (Å²) < 4.78 is 7.78. The van der Waals surface area contributed by atoms with Crippen LogP contribution in [0.1, 0.15) is 31.2 Å². The largest absolute Gasteiger partial charge is 0.377 e. The number of fused-ring (bicyclic) bond motifs is 1. The van der Waals surface area contributed by atoms with E-state index in [-0.39, 0.29) is 12.0 Å². The minimum Gasteiger partial charge on any atom is -0.377 e. The molecule has 1 aromatic rings. The van der Waals surface area contributed by atoms with Gasteiger partial charge in [0, 0.05) is 57.6 Å². The second kappa shape index (κ2) is 6.24. The van der Waals surface area contributed by atoms with Crippen LogP contribution in [0.4, 0.5) is 0 Å². The molecular formula is C17H26N4O2. The molecular weight excluding hydrogens is 292 g/mol. The number of likely N-dealkylation sites (tertiary alicyclic amines) is 2. The zero-order valence-electron chi connectivity index (χ0n) is 13.9. The van der Waals surface area contributed by atoms with Crippen molar-refractivity contribution >= 4 is 5.91 Å². The summed E-state index contributed by atoms with van der Waals surface area (Å²) in [6.07, 6.45) is 8.49. The van der Waals surface area contributed by atoms with Crippen molar-refractivity contribution in [2.75, 3.05) is 26.2 Å². The Kier molecular flexibility index (Phi) is 4.11. The normalized spacial score (nSPS) is 31.5. The highest BCUT2D eigenvalue weighted by atomic mass is 16.5. The SMILES string of the molecule is Cn1cc(CN2C[C@@H](C(=O)N3CCCC3)C[C@H]3OCC[C@H]32)cn1. The lowest BCUT2D eigenvalue weighted by Crippen LogP contribution is -2.52.